The van der Waals surface area contributed by atoms with Crippen LogP contribution in [-0.4, -0.2) is 29.9 Å². The highest BCUT2D eigenvalue weighted by atomic mass is 32.2. The lowest BCUT2D eigenvalue weighted by Gasteiger charge is -2.30. The summed E-state index contributed by atoms with van der Waals surface area (Å²) >= 11 is 0. The maximum atomic E-state index is 13.9. The van der Waals surface area contributed by atoms with E-state index in [0.717, 1.165) is 18.2 Å². The average molecular weight is 339 g/mol. The highest BCUT2D eigenvalue weighted by Gasteiger charge is 2.53. The molecule has 22 heavy (non-hydrogen) atoms. The second-order valence-corrected chi connectivity index (χ2v) is 9.05. The Morgan fingerprint density at radius 2 is 1.82 bits per heavy atom. The van der Waals surface area contributed by atoms with E-state index in [1.54, 1.807) is 0 Å². The average Bonchev–Trinajstić information content (AvgIpc) is 2.67. The van der Waals surface area contributed by atoms with Gasteiger partial charge in [0.1, 0.15) is 11.6 Å². The summed E-state index contributed by atoms with van der Waals surface area (Å²) in [6, 6.07) is 1.01. The van der Waals surface area contributed by atoms with E-state index in [4.69, 9.17) is 0 Å². The van der Waals surface area contributed by atoms with Crippen LogP contribution in [0.1, 0.15) is 38.8 Å². The minimum absolute atomic E-state index is 0.370. The van der Waals surface area contributed by atoms with Crippen LogP contribution in [-0.2, 0) is 10.0 Å². The molecule has 1 aliphatic rings. The van der Waals surface area contributed by atoms with E-state index in [2.05, 4.69) is 0 Å². The lowest BCUT2D eigenvalue weighted by Crippen LogP contribution is -2.43. The van der Waals surface area contributed by atoms with Crippen molar-refractivity contribution < 1.29 is 26.0 Å². The van der Waals surface area contributed by atoms with E-state index in [1.807, 2.05) is 0 Å². The SMILES string of the molecule is CC(C)(C)S(=O)(=O)N1CC(F)(F)C[C@@H]1c1cc(F)ccc1F. The third kappa shape index (κ3) is 2.99. The molecule has 0 aromatic heterocycles. The Labute approximate surface area is 127 Å². The fourth-order valence-corrected chi connectivity index (χ4v) is 4.01. The van der Waals surface area contributed by atoms with Crippen LogP contribution in [0.5, 0.6) is 0 Å². The molecule has 1 heterocycles. The van der Waals surface area contributed by atoms with Gasteiger partial charge in [0, 0.05) is 12.0 Å². The van der Waals surface area contributed by atoms with Gasteiger partial charge in [-0.1, -0.05) is 0 Å². The van der Waals surface area contributed by atoms with Gasteiger partial charge >= 0.3 is 0 Å². The molecule has 0 saturated carbocycles. The molecular weight excluding hydrogens is 322 g/mol. The normalized spacial score (nSPS) is 23.0. The number of hydrogen-bond donors (Lipinski definition) is 0. The van der Waals surface area contributed by atoms with E-state index in [0.29, 0.717) is 4.31 Å². The van der Waals surface area contributed by atoms with Gasteiger partial charge in [0.2, 0.25) is 10.0 Å². The molecule has 124 valence electrons. The van der Waals surface area contributed by atoms with Gasteiger partial charge in [-0.15, -0.1) is 0 Å². The Morgan fingerprint density at radius 3 is 2.36 bits per heavy atom. The number of hydrogen-bond acceptors (Lipinski definition) is 2. The molecule has 1 saturated heterocycles. The predicted molar refractivity (Wildman–Crippen MR) is 74.0 cm³/mol. The van der Waals surface area contributed by atoms with E-state index in [-0.39, 0.29) is 5.56 Å². The number of sulfonamides is 1. The molecule has 0 bridgehead atoms. The second-order valence-electron chi connectivity index (χ2n) is 6.40. The monoisotopic (exact) mass is 339 g/mol. The van der Waals surface area contributed by atoms with Crippen molar-refractivity contribution >= 4 is 10.0 Å². The van der Waals surface area contributed by atoms with Crippen molar-refractivity contribution in [2.75, 3.05) is 6.54 Å². The second kappa shape index (κ2) is 5.19. The quantitative estimate of drug-likeness (QED) is 0.774. The summed E-state index contributed by atoms with van der Waals surface area (Å²) in [6.45, 7) is 3.08. The highest BCUT2D eigenvalue weighted by Crippen LogP contribution is 2.45. The van der Waals surface area contributed by atoms with Crippen molar-refractivity contribution in [1.29, 1.82) is 0 Å². The summed E-state index contributed by atoms with van der Waals surface area (Å²) < 4.78 is 79.0. The molecule has 0 radical (unpaired) electrons. The van der Waals surface area contributed by atoms with Crippen molar-refractivity contribution in [3.05, 3.63) is 35.4 Å². The van der Waals surface area contributed by atoms with Crippen LogP contribution in [0.3, 0.4) is 0 Å². The fourth-order valence-electron chi connectivity index (χ4n) is 2.43. The highest BCUT2D eigenvalue weighted by molar-refractivity contribution is 7.90. The third-order valence-corrected chi connectivity index (χ3v) is 6.18. The minimum atomic E-state index is -4.11. The first-order valence-corrected chi connectivity index (χ1v) is 8.13. The van der Waals surface area contributed by atoms with Crippen LogP contribution in [0.4, 0.5) is 17.6 Å². The van der Waals surface area contributed by atoms with E-state index < -0.39 is 51.3 Å². The van der Waals surface area contributed by atoms with Crippen molar-refractivity contribution in [3.63, 3.8) is 0 Å². The van der Waals surface area contributed by atoms with Gasteiger partial charge in [0.05, 0.1) is 17.3 Å². The molecular formula is C14H17F4NO2S. The molecule has 1 atom stereocenters. The lowest BCUT2D eigenvalue weighted by atomic mass is 10.0. The van der Waals surface area contributed by atoms with Gasteiger partial charge in [0.15, 0.2) is 0 Å². The maximum Gasteiger partial charge on any atom is 0.263 e. The van der Waals surface area contributed by atoms with Crippen LogP contribution in [0, 0.1) is 11.6 Å². The summed E-state index contributed by atoms with van der Waals surface area (Å²) in [4.78, 5) is 0. The Bertz CT molecular complexity index is 683. The molecule has 1 aliphatic heterocycles. The molecule has 1 fully saturated rings. The van der Waals surface area contributed by atoms with Gasteiger partial charge in [-0.25, -0.2) is 26.0 Å². The predicted octanol–water partition coefficient (Wildman–Crippen LogP) is 3.48. The number of rotatable bonds is 2. The molecule has 2 rings (SSSR count). The summed E-state index contributed by atoms with van der Waals surface area (Å²) in [5, 5.41) is 0. The molecule has 1 aromatic rings. The number of benzene rings is 1. The smallest absolute Gasteiger partial charge is 0.212 e. The van der Waals surface area contributed by atoms with Gasteiger partial charge < -0.3 is 0 Å². The van der Waals surface area contributed by atoms with Gasteiger partial charge in [-0.3, -0.25) is 0 Å². The van der Waals surface area contributed by atoms with Crippen molar-refractivity contribution in [2.24, 2.45) is 0 Å². The lowest BCUT2D eigenvalue weighted by molar-refractivity contribution is 0.0169. The van der Waals surface area contributed by atoms with Crippen molar-refractivity contribution in [1.82, 2.24) is 4.31 Å². The Kier molecular flexibility index (Phi) is 4.06. The first-order chi connectivity index (χ1) is 9.85. The van der Waals surface area contributed by atoms with Gasteiger partial charge in [-0.2, -0.15) is 4.31 Å². The number of halogens is 4. The minimum Gasteiger partial charge on any atom is -0.212 e. The zero-order chi connectivity index (χ0) is 16.9. The van der Waals surface area contributed by atoms with Crippen LogP contribution in [0.25, 0.3) is 0 Å². The standard InChI is InChI=1S/C14H17F4NO2S/c1-13(2,3)22(20,21)19-8-14(17,18)7-12(19)10-6-9(15)4-5-11(10)16/h4-6,12H,7-8H2,1-3H3/t12-/m1/s1. The zero-order valence-electron chi connectivity index (χ0n) is 12.4. The van der Waals surface area contributed by atoms with Crippen LogP contribution >= 0.6 is 0 Å². The Hall–Kier alpha value is -1.15. The van der Waals surface area contributed by atoms with E-state index in [9.17, 15) is 26.0 Å². The topological polar surface area (TPSA) is 37.4 Å². The zero-order valence-corrected chi connectivity index (χ0v) is 13.2. The molecule has 0 N–H and O–H groups in total. The van der Waals surface area contributed by atoms with E-state index >= 15 is 0 Å². The van der Waals surface area contributed by atoms with Crippen molar-refractivity contribution in [2.45, 2.75) is 43.9 Å². The molecule has 3 nitrogen and oxygen atoms in total. The summed E-state index contributed by atoms with van der Waals surface area (Å²) in [5.74, 6) is -5.00. The summed E-state index contributed by atoms with van der Waals surface area (Å²) in [7, 11) is -4.11. The molecule has 0 amide bonds. The van der Waals surface area contributed by atoms with Crippen LogP contribution in [0.15, 0.2) is 18.2 Å². The van der Waals surface area contributed by atoms with Crippen LogP contribution < -0.4 is 0 Å². The number of alkyl halides is 2. The first-order valence-electron chi connectivity index (χ1n) is 6.69. The molecule has 8 heteroatoms. The summed E-state index contributed by atoms with van der Waals surface area (Å²) in [6.07, 6.45) is -0.872. The summed E-state index contributed by atoms with van der Waals surface area (Å²) in [5.41, 5.74) is -0.370. The van der Waals surface area contributed by atoms with Crippen molar-refractivity contribution in [3.8, 4) is 0 Å². The molecule has 0 aliphatic carbocycles. The fraction of sp³-hybridized carbons (Fsp3) is 0.571. The first kappa shape index (κ1) is 17.2. The molecule has 0 unspecified atom stereocenters. The Balaban J connectivity index is 2.55. The van der Waals surface area contributed by atoms with E-state index in [1.165, 1.54) is 20.8 Å². The number of nitrogens with zero attached hydrogens (tertiary/aromatic N) is 1. The third-order valence-electron chi connectivity index (χ3n) is 3.63. The Morgan fingerprint density at radius 1 is 1.23 bits per heavy atom. The molecule has 1 aromatic carbocycles. The van der Waals surface area contributed by atoms with Gasteiger partial charge in [-0.05, 0) is 39.0 Å². The van der Waals surface area contributed by atoms with Gasteiger partial charge in [0.25, 0.3) is 5.92 Å². The maximum absolute atomic E-state index is 13.9. The molecule has 0 spiro atoms. The van der Waals surface area contributed by atoms with Crippen LogP contribution in [0.2, 0.25) is 0 Å². The largest absolute Gasteiger partial charge is 0.263 e.